The first-order valence-electron chi connectivity index (χ1n) is 4.23. The zero-order valence-corrected chi connectivity index (χ0v) is 9.09. The van der Waals surface area contributed by atoms with Crippen LogP contribution in [0.2, 0.25) is 0 Å². The predicted octanol–water partition coefficient (Wildman–Crippen LogP) is 2.13. The third-order valence-electron chi connectivity index (χ3n) is 1.91. The summed E-state index contributed by atoms with van der Waals surface area (Å²) in [6, 6.07) is 1.04. The van der Waals surface area contributed by atoms with Crippen molar-refractivity contribution in [1.29, 1.82) is 0 Å². The molecular weight excluding hydrogens is 242 g/mol. The Bertz CT molecular complexity index is 413. The van der Waals surface area contributed by atoms with Crippen LogP contribution in [0.4, 0.5) is 14.6 Å². The number of methoxy groups -OCH3 is 1. The van der Waals surface area contributed by atoms with E-state index in [4.69, 9.17) is 17.3 Å². The minimum absolute atomic E-state index is 0.0677. The predicted molar refractivity (Wildman–Crippen MR) is 54.5 cm³/mol. The van der Waals surface area contributed by atoms with E-state index in [1.807, 2.05) is 0 Å². The minimum atomic E-state index is -2.77. The molecule has 0 bridgehead atoms. The van der Waals surface area contributed by atoms with Crippen LogP contribution in [-0.2, 0) is 10.6 Å². The van der Waals surface area contributed by atoms with Crippen molar-refractivity contribution in [3.63, 3.8) is 0 Å². The van der Waals surface area contributed by atoms with E-state index >= 15 is 0 Å². The van der Waals surface area contributed by atoms with Gasteiger partial charge in [-0.3, -0.25) is 0 Å². The number of hydrogen-bond donors (Lipinski definition) is 1. The average molecular weight is 251 g/mol. The summed E-state index contributed by atoms with van der Waals surface area (Å²) in [4.78, 5) is 14.7. The van der Waals surface area contributed by atoms with Crippen LogP contribution >= 0.6 is 11.6 Å². The van der Waals surface area contributed by atoms with Gasteiger partial charge >= 0.3 is 5.97 Å². The number of nitrogen functional groups attached to an aromatic ring is 1. The molecule has 1 heterocycles. The highest BCUT2D eigenvalue weighted by Gasteiger charge is 2.20. The van der Waals surface area contributed by atoms with Crippen molar-refractivity contribution >= 4 is 23.4 Å². The fourth-order valence-corrected chi connectivity index (χ4v) is 1.41. The van der Waals surface area contributed by atoms with Gasteiger partial charge in [0.2, 0.25) is 0 Å². The number of alkyl halides is 3. The average Bonchev–Trinajstić information content (AvgIpc) is 2.26. The van der Waals surface area contributed by atoms with Crippen LogP contribution in [0.3, 0.4) is 0 Å². The maximum atomic E-state index is 12.4. The summed E-state index contributed by atoms with van der Waals surface area (Å²) >= 11 is 5.55. The summed E-state index contributed by atoms with van der Waals surface area (Å²) in [5.41, 5.74) is 5.00. The van der Waals surface area contributed by atoms with Gasteiger partial charge in [-0.1, -0.05) is 0 Å². The molecule has 0 amide bonds. The highest BCUT2D eigenvalue weighted by molar-refractivity contribution is 6.17. The van der Waals surface area contributed by atoms with Gasteiger partial charge in [-0.25, -0.2) is 18.6 Å². The smallest absolute Gasteiger partial charge is 0.341 e. The van der Waals surface area contributed by atoms with Crippen molar-refractivity contribution in [1.82, 2.24) is 4.98 Å². The molecule has 0 saturated heterocycles. The second-order valence-electron chi connectivity index (χ2n) is 2.89. The van der Waals surface area contributed by atoms with Gasteiger partial charge in [0.25, 0.3) is 6.43 Å². The Morgan fingerprint density at radius 3 is 2.75 bits per heavy atom. The summed E-state index contributed by atoms with van der Waals surface area (Å²) in [5.74, 6) is -1.18. The molecule has 1 aromatic rings. The number of nitrogens with two attached hydrogens (primary N) is 1. The molecule has 88 valence electrons. The molecule has 0 unspecified atom stereocenters. The third kappa shape index (κ3) is 2.38. The molecule has 0 saturated carbocycles. The molecule has 0 atom stereocenters. The molecule has 1 aromatic heterocycles. The number of rotatable bonds is 3. The summed E-state index contributed by atoms with van der Waals surface area (Å²) in [6.07, 6.45) is -2.77. The molecule has 0 radical (unpaired) electrons. The van der Waals surface area contributed by atoms with Crippen molar-refractivity contribution in [3.05, 3.63) is 22.9 Å². The Kier molecular flexibility index (Phi) is 4.00. The molecule has 0 aromatic carbocycles. The number of carbonyl (C=O) groups is 1. The van der Waals surface area contributed by atoms with E-state index < -0.39 is 18.1 Å². The number of carbonyl (C=O) groups excluding carboxylic acids is 1. The second-order valence-corrected chi connectivity index (χ2v) is 3.16. The zero-order chi connectivity index (χ0) is 12.3. The fourth-order valence-electron chi connectivity index (χ4n) is 1.20. The maximum absolute atomic E-state index is 12.4. The topological polar surface area (TPSA) is 65.2 Å². The maximum Gasteiger partial charge on any atom is 0.341 e. The van der Waals surface area contributed by atoms with Crippen LogP contribution in [0.15, 0.2) is 6.07 Å². The lowest BCUT2D eigenvalue weighted by atomic mass is 10.1. The number of halogens is 3. The number of nitrogens with zero attached hydrogens (tertiary/aromatic N) is 1. The Morgan fingerprint density at radius 1 is 1.69 bits per heavy atom. The minimum Gasteiger partial charge on any atom is -0.465 e. The third-order valence-corrected chi connectivity index (χ3v) is 2.19. The van der Waals surface area contributed by atoms with E-state index in [1.165, 1.54) is 0 Å². The first-order valence-corrected chi connectivity index (χ1v) is 4.76. The largest absolute Gasteiger partial charge is 0.465 e. The normalized spacial score (nSPS) is 10.6. The molecule has 1 rings (SSSR count). The fraction of sp³-hybridized carbons (Fsp3) is 0.333. The first-order chi connectivity index (χ1) is 7.51. The SMILES string of the molecule is COC(=O)c1c(CCl)cc(C(F)F)nc1N. The molecule has 0 aliphatic carbocycles. The Balaban J connectivity index is 3.34. The van der Waals surface area contributed by atoms with Gasteiger partial charge in [-0.05, 0) is 11.6 Å². The number of anilines is 1. The number of esters is 1. The van der Waals surface area contributed by atoms with Gasteiger partial charge in [-0.2, -0.15) is 0 Å². The van der Waals surface area contributed by atoms with Crippen molar-refractivity contribution in [3.8, 4) is 0 Å². The highest BCUT2D eigenvalue weighted by atomic mass is 35.5. The van der Waals surface area contributed by atoms with E-state index in [0.717, 1.165) is 13.2 Å². The van der Waals surface area contributed by atoms with E-state index in [9.17, 15) is 13.6 Å². The molecule has 4 nitrogen and oxygen atoms in total. The second kappa shape index (κ2) is 5.07. The molecule has 0 fully saturated rings. The van der Waals surface area contributed by atoms with Crippen molar-refractivity contribution in [2.45, 2.75) is 12.3 Å². The number of ether oxygens (including phenoxy) is 1. The lowest BCUT2D eigenvalue weighted by molar-refractivity contribution is 0.0600. The van der Waals surface area contributed by atoms with Crippen LogP contribution in [0.25, 0.3) is 0 Å². The summed E-state index contributed by atoms with van der Waals surface area (Å²) < 4.78 is 29.3. The van der Waals surface area contributed by atoms with E-state index in [0.29, 0.717) is 0 Å². The van der Waals surface area contributed by atoms with Crippen LogP contribution in [0.5, 0.6) is 0 Å². The van der Waals surface area contributed by atoms with E-state index in [1.54, 1.807) is 0 Å². The summed E-state index contributed by atoms with van der Waals surface area (Å²) in [7, 11) is 1.15. The molecule has 0 aliphatic heterocycles. The molecule has 2 N–H and O–H groups in total. The quantitative estimate of drug-likeness (QED) is 0.659. The highest BCUT2D eigenvalue weighted by Crippen LogP contribution is 2.25. The first kappa shape index (κ1) is 12.6. The molecule has 7 heteroatoms. The molecule has 0 spiro atoms. The van der Waals surface area contributed by atoms with Crippen LogP contribution in [0, 0.1) is 0 Å². The summed E-state index contributed by atoms with van der Waals surface area (Å²) in [6.45, 7) is 0. The van der Waals surface area contributed by atoms with Crippen molar-refractivity contribution in [2.75, 3.05) is 12.8 Å². The van der Waals surface area contributed by atoms with Crippen LogP contribution < -0.4 is 5.73 Å². The number of pyridine rings is 1. The molecule has 16 heavy (non-hydrogen) atoms. The van der Waals surface area contributed by atoms with Crippen LogP contribution in [-0.4, -0.2) is 18.1 Å². The number of hydrogen-bond acceptors (Lipinski definition) is 4. The standard InChI is InChI=1S/C9H9ClF2N2O2/c1-16-9(15)6-4(3-10)2-5(7(11)12)14-8(6)13/h2,7H,3H2,1H3,(H2,13,14). The van der Waals surface area contributed by atoms with Gasteiger partial charge in [0.1, 0.15) is 17.1 Å². The lowest BCUT2D eigenvalue weighted by Gasteiger charge is -2.10. The van der Waals surface area contributed by atoms with Gasteiger partial charge in [0, 0.05) is 5.88 Å². The molecular formula is C9H9ClF2N2O2. The van der Waals surface area contributed by atoms with Crippen molar-refractivity contribution in [2.24, 2.45) is 0 Å². The van der Waals surface area contributed by atoms with Gasteiger partial charge < -0.3 is 10.5 Å². The monoisotopic (exact) mass is 250 g/mol. The summed E-state index contributed by atoms with van der Waals surface area (Å²) in [5, 5.41) is 0. The van der Waals surface area contributed by atoms with Gasteiger partial charge in [-0.15, -0.1) is 11.6 Å². The Labute approximate surface area is 95.4 Å². The zero-order valence-electron chi connectivity index (χ0n) is 8.34. The van der Waals surface area contributed by atoms with Crippen molar-refractivity contribution < 1.29 is 18.3 Å². The van der Waals surface area contributed by atoms with E-state index in [2.05, 4.69) is 9.72 Å². The van der Waals surface area contributed by atoms with Crippen LogP contribution in [0.1, 0.15) is 28.0 Å². The molecule has 0 aliphatic rings. The lowest BCUT2D eigenvalue weighted by Crippen LogP contribution is -2.12. The van der Waals surface area contributed by atoms with Gasteiger partial charge in [0.15, 0.2) is 0 Å². The van der Waals surface area contributed by atoms with Gasteiger partial charge in [0.05, 0.1) is 7.11 Å². The Morgan fingerprint density at radius 2 is 2.31 bits per heavy atom. The Hall–Kier alpha value is -1.43. The number of aromatic nitrogens is 1. The van der Waals surface area contributed by atoms with E-state index in [-0.39, 0.29) is 22.8 Å².